The largest absolute Gasteiger partial charge is 0.463 e. The lowest BCUT2D eigenvalue weighted by Gasteiger charge is -2.32. The number of rotatable bonds is 12. The van der Waals surface area contributed by atoms with Crippen LogP contribution in [0.2, 0.25) is 0 Å². The zero-order chi connectivity index (χ0) is 36.3. The average molecular weight is 669 g/mol. The van der Waals surface area contributed by atoms with Crippen molar-refractivity contribution in [3.05, 3.63) is 62.9 Å². The number of likely N-dealkylation sites (tertiary alicyclic amines) is 1. The molecule has 0 bridgehead atoms. The zero-order valence-electron chi connectivity index (χ0n) is 29.2. The first-order valence-corrected chi connectivity index (χ1v) is 16.4. The summed E-state index contributed by atoms with van der Waals surface area (Å²) >= 11 is 0. The van der Waals surface area contributed by atoms with Crippen molar-refractivity contribution in [2.75, 3.05) is 27.7 Å². The maximum atomic E-state index is 13.7. The minimum absolute atomic E-state index is 0.218. The summed E-state index contributed by atoms with van der Waals surface area (Å²) in [5.74, 6) is -2.17. The van der Waals surface area contributed by atoms with Crippen molar-refractivity contribution in [2.24, 2.45) is 0 Å². The van der Waals surface area contributed by atoms with E-state index in [9.17, 15) is 24.0 Å². The number of nitrogens with one attached hydrogen (secondary N) is 2. The normalized spacial score (nSPS) is 17.1. The van der Waals surface area contributed by atoms with E-state index in [-0.39, 0.29) is 23.8 Å². The van der Waals surface area contributed by atoms with Gasteiger partial charge < -0.3 is 34.3 Å². The number of aryl methyl sites for hydroxylation is 1. The summed E-state index contributed by atoms with van der Waals surface area (Å²) in [6, 6.07) is 9.97. The van der Waals surface area contributed by atoms with Crippen molar-refractivity contribution in [3.8, 4) is 11.4 Å². The van der Waals surface area contributed by atoms with Gasteiger partial charge in [0.2, 0.25) is 0 Å². The fraction of sp³-hybridized carbons (Fsp3) is 0.486. The molecule has 0 saturated carbocycles. The molecule has 12 nitrogen and oxygen atoms in total. The summed E-state index contributed by atoms with van der Waals surface area (Å²) in [6.07, 6.45) is 5.06. The predicted molar refractivity (Wildman–Crippen MR) is 189 cm³/mol. The first-order chi connectivity index (χ1) is 23.4. The third-order valence-electron chi connectivity index (χ3n) is 9.07. The highest BCUT2D eigenvalue weighted by Gasteiger charge is 2.37. The quantitative estimate of drug-likeness (QED) is 0.129. The van der Waals surface area contributed by atoms with Crippen molar-refractivity contribution in [1.29, 1.82) is 0 Å². The molecule has 0 aliphatic carbocycles. The van der Waals surface area contributed by atoms with Gasteiger partial charge in [-0.05, 0) is 78.0 Å². The number of carbonyl (C=O) groups excluding carboxylic acids is 4. The van der Waals surface area contributed by atoms with Crippen LogP contribution in [0.25, 0.3) is 22.3 Å². The van der Waals surface area contributed by atoms with Gasteiger partial charge in [-0.25, -0.2) is 4.98 Å². The Hall–Kier alpha value is -4.13. The van der Waals surface area contributed by atoms with Crippen LogP contribution in [-0.2, 0) is 53.8 Å². The summed E-state index contributed by atoms with van der Waals surface area (Å²) in [6.45, 7) is 7.17. The Morgan fingerprint density at radius 2 is 1.86 bits per heavy atom. The molecule has 1 fully saturated rings. The minimum atomic E-state index is -1.19. The van der Waals surface area contributed by atoms with Gasteiger partial charge in [0.1, 0.15) is 40.5 Å². The third kappa shape index (κ3) is 8.92. The number of pyridine rings is 2. The Morgan fingerprint density at radius 1 is 1.14 bits per heavy atom. The zero-order valence-corrected chi connectivity index (χ0v) is 29.2. The van der Waals surface area contributed by atoms with Crippen molar-refractivity contribution in [3.63, 3.8) is 0 Å². The van der Waals surface area contributed by atoms with E-state index >= 15 is 0 Å². The molecule has 2 aromatic heterocycles. The number of para-hydroxylation sites is 1. The summed E-state index contributed by atoms with van der Waals surface area (Å²) in [7, 11) is 16.0. The molecule has 0 spiro atoms. The van der Waals surface area contributed by atoms with Gasteiger partial charge in [-0.1, -0.05) is 32.0 Å². The average Bonchev–Trinajstić information content (AvgIpc) is 3.72. The molecule has 49 heavy (non-hydrogen) atoms. The van der Waals surface area contributed by atoms with Crippen LogP contribution >= 0.6 is 0 Å². The fourth-order valence-electron chi connectivity index (χ4n) is 5.93. The molecule has 4 heterocycles. The SMILES string of the molecule is CN1CCCC1C=O.[B]C(C=O)NC.[B]C(NC)C(=O)OC(C)(CC)c1cc2n(c(=O)c1COC=O)Cc1c-2nc2ccccc2c1CC. The summed E-state index contributed by atoms with van der Waals surface area (Å²) in [4.78, 5) is 64.1. The van der Waals surface area contributed by atoms with Crippen LogP contribution in [0, 0.1) is 0 Å². The summed E-state index contributed by atoms with van der Waals surface area (Å²) < 4.78 is 12.5. The van der Waals surface area contributed by atoms with Gasteiger partial charge in [0.25, 0.3) is 12.0 Å². The van der Waals surface area contributed by atoms with Gasteiger partial charge >= 0.3 is 5.97 Å². The molecular formula is C35H45B2N5O7. The molecule has 5 rings (SSSR count). The molecule has 4 radical (unpaired) electrons. The number of ether oxygens (including phenoxy) is 2. The van der Waals surface area contributed by atoms with E-state index in [2.05, 4.69) is 22.5 Å². The van der Waals surface area contributed by atoms with Gasteiger partial charge in [0.05, 0.1) is 41.0 Å². The Labute approximate surface area is 290 Å². The molecule has 4 atom stereocenters. The van der Waals surface area contributed by atoms with Crippen molar-refractivity contribution < 1.29 is 28.7 Å². The maximum absolute atomic E-state index is 13.7. The molecule has 1 saturated heterocycles. The van der Waals surface area contributed by atoms with Gasteiger partial charge in [0, 0.05) is 22.5 Å². The van der Waals surface area contributed by atoms with Gasteiger partial charge in [-0.15, -0.1) is 0 Å². The molecule has 0 amide bonds. The number of nitrogens with zero attached hydrogens (tertiary/aromatic N) is 3. The highest BCUT2D eigenvalue weighted by atomic mass is 16.6. The van der Waals surface area contributed by atoms with E-state index < -0.39 is 23.5 Å². The van der Waals surface area contributed by atoms with E-state index in [1.807, 2.05) is 44.3 Å². The van der Waals surface area contributed by atoms with Crippen LogP contribution in [-0.4, -0.2) is 101 Å². The lowest BCUT2D eigenvalue weighted by Crippen LogP contribution is -2.42. The van der Waals surface area contributed by atoms with E-state index in [1.54, 1.807) is 25.6 Å². The number of hydrogen-bond donors (Lipinski definition) is 2. The number of aromatic nitrogens is 2. The second-order valence-electron chi connectivity index (χ2n) is 12.1. The molecule has 2 aliphatic heterocycles. The van der Waals surface area contributed by atoms with Crippen LogP contribution < -0.4 is 16.2 Å². The Balaban J connectivity index is 0.000000386. The summed E-state index contributed by atoms with van der Waals surface area (Å²) in [5.41, 5.74) is 3.60. The van der Waals surface area contributed by atoms with Crippen LogP contribution in [0.5, 0.6) is 0 Å². The van der Waals surface area contributed by atoms with E-state index in [4.69, 9.17) is 30.2 Å². The number of aldehydes is 2. The number of benzene rings is 1. The number of likely N-dealkylation sites (N-methyl/N-ethyl adjacent to an activating group) is 3. The van der Waals surface area contributed by atoms with E-state index in [0.717, 1.165) is 53.4 Å². The molecule has 4 unspecified atom stereocenters. The molecule has 3 aromatic rings. The maximum Gasteiger partial charge on any atom is 0.314 e. The molecule has 2 N–H and O–H groups in total. The van der Waals surface area contributed by atoms with Gasteiger partial charge in [0.15, 0.2) is 0 Å². The summed E-state index contributed by atoms with van der Waals surface area (Å²) in [5, 5.41) is 6.25. The number of esters is 1. The van der Waals surface area contributed by atoms with Crippen LogP contribution in [0.3, 0.4) is 0 Å². The number of carbonyl (C=O) groups is 4. The Kier molecular flexibility index (Phi) is 14.5. The minimum Gasteiger partial charge on any atom is -0.463 e. The third-order valence-corrected chi connectivity index (χ3v) is 9.07. The van der Waals surface area contributed by atoms with Crippen molar-refractivity contribution in [1.82, 2.24) is 25.1 Å². The fourth-order valence-corrected chi connectivity index (χ4v) is 5.93. The van der Waals surface area contributed by atoms with Crippen LogP contribution in [0.15, 0.2) is 35.1 Å². The number of fused-ring (bicyclic) bond motifs is 4. The first-order valence-electron chi connectivity index (χ1n) is 16.4. The van der Waals surface area contributed by atoms with Crippen LogP contribution in [0.4, 0.5) is 0 Å². The highest BCUT2D eigenvalue weighted by molar-refractivity contribution is 6.22. The second kappa shape index (κ2) is 18.0. The molecular weight excluding hydrogens is 624 g/mol. The Bertz CT molecular complexity index is 1700. The van der Waals surface area contributed by atoms with Gasteiger partial charge in [-0.3, -0.25) is 19.3 Å². The second-order valence-corrected chi connectivity index (χ2v) is 12.1. The van der Waals surface area contributed by atoms with Gasteiger partial charge in [-0.2, -0.15) is 0 Å². The predicted octanol–water partition coefficient (Wildman–Crippen LogP) is 1.72. The first kappa shape index (κ1) is 39.3. The topological polar surface area (TPSA) is 149 Å². The highest BCUT2D eigenvalue weighted by Crippen LogP contribution is 2.39. The number of hydrogen-bond acceptors (Lipinski definition) is 11. The lowest BCUT2D eigenvalue weighted by molar-refractivity contribution is -0.160. The molecule has 14 heteroatoms. The lowest BCUT2D eigenvalue weighted by atomic mass is 9.88. The molecule has 2 aliphatic rings. The molecule has 1 aromatic carbocycles. The Morgan fingerprint density at radius 3 is 2.37 bits per heavy atom. The smallest absolute Gasteiger partial charge is 0.314 e. The van der Waals surface area contributed by atoms with E-state index in [1.165, 1.54) is 6.42 Å². The van der Waals surface area contributed by atoms with Crippen molar-refractivity contribution in [2.45, 2.75) is 83.1 Å². The van der Waals surface area contributed by atoms with Crippen LogP contribution in [0.1, 0.15) is 62.3 Å². The molecule has 258 valence electrons. The van der Waals surface area contributed by atoms with Crippen molar-refractivity contribution >= 4 is 51.6 Å². The standard InChI is InChI=1S/C26H28BN3O5.C6H11NO.C3H6BNO/c1-5-15-16-9-7-8-10-20(16)29-22-17(15)12-30-21(22)11-19(18(24(30)32)13-34-14-31)26(3,6-2)35-25(33)23(27)28-4;1-7-4-2-3-6(7)5-8;1-5-3(4)2-6/h7-11,14,23,28H,5-6,12-13H2,1-4H3;5-6H,2-4H2,1H3;2-3,5H,1H3. The monoisotopic (exact) mass is 669 g/mol. The van der Waals surface area contributed by atoms with E-state index in [0.29, 0.717) is 37.0 Å².